The number of hydrogen-bond donors (Lipinski definition) is 1. The van der Waals surface area contributed by atoms with Crippen molar-refractivity contribution in [2.45, 2.75) is 32.7 Å². The highest BCUT2D eigenvalue weighted by atomic mass is 16.6. The second kappa shape index (κ2) is 3.66. The van der Waals surface area contributed by atoms with Crippen LogP contribution in [0.5, 0.6) is 0 Å². The van der Waals surface area contributed by atoms with E-state index in [1.165, 1.54) is 18.6 Å². The summed E-state index contributed by atoms with van der Waals surface area (Å²) in [6.45, 7) is 6.40. The molecule has 0 bridgehead atoms. The van der Waals surface area contributed by atoms with Crippen LogP contribution in [0, 0.1) is 11.8 Å². The van der Waals surface area contributed by atoms with E-state index in [2.05, 4.69) is 24.3 Å². The number of fused-ring (bicyclic) bond motifs is 1. The molecule has 0 amide bonds. The normalized spacial score (nSPS) is 33.6. The smallest absolute Gasteiger partial charge is 0.125 e. The van der Waals surface area contributed by atoms with Gasteiger partial charge in [-0.25, -0.2) is 0 Å². The molecule has 1 N–H and O–H groups in total. The van der Waals surface area contributed by atoms with Crippen molar-refractivity contribution in [3.63, 3.8) is 0 Å². The standard InChI is InChI=1S/C10H18N2O/c1-7(2)9-10-8(6-13-12-10)4-3-5-11-9/h7-9,11H,3-6H2,1-2H3/t8-,9+/m1/s1. The zero-order valence-electron chi connectivity index (χ0n) is 8.42. The van der Waals surface area contributed by atoms with Crippen LogP contribution >= 0.6 is 0 Å². The van der Waals surface area contributed by atoms with E-state index in [1.807, 2.05) is 0 Å². The van der Waals surface area contributed by atoms with Crippen molar-refractivity contribution < 1.29 is 4.84 Å². The third kappa shape index (κ3) is 1.70. The van der Waals surface area contributed by atoms with Gasteiger partial charge in [-0.2, -0.15) is 0 Å². The Hall–Kier alpha value is -0.570. The lowest BCUT2D eigenvalue weighted by atomic mass is 9.90. The third-order valence-corrected chi connectivity index (χ3v) is 2.94. The molecular formula is C10H18N2O. The topological polar surface area (TPSA) is 33.6 Å². The van der Waals surface area contributed by atoms with Gasteiger partial charge < -0.3 is 10.2 Å². The van der Waals surface area contributed by atoms with Crippen LogP contribution in [0.4, 0.5) is 0 Å². The third-order valence-electron chi connectivity index (χ3n) is 2.94. The molecule has 0 aliphatic carbocycles. The zero-order chi connectivity index (χ0) is 9.26. The highest BCUT2D eigenvalue weighted by Crippen LogP contribution is 2.23. The number of nitrogens with one attached hydrogen (secondary N) is 1. The van der Waals surface area contributed by atoms with E-state index in [4.69, 9.17) is 4.84 Å². The van der Waals surface area contributed by atoms with Crippen LogP contribution in [0.2, 0.25) is 0 Å². The fourth-order valence-corrected chi connectivity index (χ4v) is 2.19. The molecule has 1 saturated heterocycles. The Kier molecular flexibility index (Phi) is 2.54. The number of hydrogen-bond acceptors (Lipinski definition) is 3. The Balaban J connectivity index is 2.15. The lowest BCUT2D eigenvalue weighted by Gasteiger charge is -2.21. The van der Waals surface area contributed by atoms with Crippen LogP contribution in [0.15, 0.2) is 5.16 Å². The van der Waals surface area contributed by atoms with E-state index in [-0.39, 0.29) is 0 Å². The summed E-state index contributed by atoms with van der Waals surface area (Å²) in [6, 6.07) is 0.440. The second-order valence-electron chi connectivity index (χ2n) is 4.33. The monoisotopic (exact) mass is 182 g/mol. The van der Waals surface area contributed by atoms with Crippen LogP contribution in [0.25, 0.3) is 0 Å². The summed E-state index contributed by atoms with van der Waals surface area (Å²) >= 11 is 0. The van der Waals surface area contributed by atoms with Crippen molar-refractivity contribution in [2.75, 3.05) is 13.2 Å². The molecule has 0 aromatic carbocycles. The summed E-state index contributed by atoms with van der Waals surface area (Å²) < 4.78 is 0. The first-order valence-electron chi connectivity index (χ1n) is 5.22. The SMILES string of the molecule is CC(C)[C@@H]1NCCC[C@@H]2CON=C21. The summed E-state index contributed by atoms with van der Waals surface area (Å²) in [7, 11) is 0. The van der Waals surface area contributed by atoms with Gasteiger partial charge in [0.25, 0.3) is 0 Å². The molecule has 13 heavy (non-hydrogen) atoms. The molecule has 1 fully saturated rings. The predicted octanol–water partition coefficient (Wildman–Crippen LogP) is 1.40. The lowest BCUT2D eigenvalue weighted by Crippen LogP contribution is -2.41. The van der Waals surface area contributed by atoms with E-state index in [1.54, 1.807) is 0 Å². The van der Waals surface area contributed by atoms with Crippen molar-refractivity contribution in [1.82, 2.24) is 5.32 Å². The Morgan fingerprint density at radius 3 is 3.15 bits per heavy atom. The first kappa shape index (κ1) is 9.00. The fourth-order valence-electron chi connectivity index (χ4n) is 2.19. The maximum Gasteiger partial charge on any atom is 0.125 e. The molecule has 0 unspecified atom stereocenters. The predicted molar refractivity (Wildman–Crippen MR) is 52.7 cm³/mol. The maximum atomic E-state index is 5.18. The van der Waals surface area contributed by atoms with Crippen LogP contribution in [0.3, 0.4) is 0 Å². The van der Waals surface area contributed by atoms with Crippen molar-refractivity contribution in [3.8, 4) is 0 Å². The molecule has 0 saturated carbocycles. The molecular weight excluding hydrogens is 164 g/mol. The van der Waals surface area contributed by atoms with Crippen molar-refractivity contribution in [1.29, 1.82) is 0 Å². The van der Waals surface area contributed by atoms with Gasteiger partial charge in [-0.1, -0.05) is 19.0 Å². The average molecular weight is 182 g/mol. The molecule has 0 radical (unpaired) electrons. The van der Waals surface area contributed by atoms with Crippen molar-refractivity contribution >= 4 is 5.71 Å². The van der Waals surface area contributed by atoms with E-state index in [9.17, 15) is 0 Å². The first-order chi connectivity index (χ1) is 6.29. The van der Waals surface area contributed by atoms with E-state index < -0.39 is 0 Å². The summed E-state index contributed by atoms with van der Waals surface area (Å²) in [5.41, 5.74) is 1.26. The summed E-state index contributed by atoms with van der Waals surface area (Å²) in [5.74, 6) is 1.20. The van der Waals surface area contributed by atoms with Gasteiger partial charge >= 0.3 is 0 Å². The maximum absolute atomic E-state index is 5.18. The van der Waals surface area contributed by atoms with Gasteiger partial charge in [0.05, 0.1) is 11.8 Å². The summed E-state index contributed by atoms with van der Waals surface area (Å²) in [6.07, 6.45) is 2.48. The Morgan fingerprint density at radius 1 is 1.54 bits per heavy atom. The minimum atomic E-state index is 0.440. The summed E-state index contributed by atoms with van der Waals surface area (Å²) in [5, 5.41) is 7.72. The molecule has 2 heterocycles. The van der Waals surface area contributed by atoms with Crippen LogP contribution in [-0.4, -0.2) is 24.9 Å². The van der Waals surface area contributed by atoms with Gasteiger partial charge in [0.15, 0.2) is 0 Å². The van der Waals surface area contributed by atoms with Gasteiger partial charge in [0.2, 0.25) is 0 Å². The van der Waals surface area contributed by atoms with Crippen molar-refractivity contribution in [2.24, 2.45) is 17.0 Å². The van der Waals surface area contributed by atoms with E-state index >= 15 is 0 Å². The molecule has 74 valence electrons. The molecule has 0 aromatic rings. The van der Waals surface area contributed by atoms with E-state index in [0.717, 1.165) is 13.2 Å². The molecule has 2 atom stereocenters. The van der Waals surface area contributed by atoms with Gasteiger partial charge in [-0.3, -0.25) is 0 Å². The molecule has 0 spiro atoms. The molecule has 0 aromatic heterocycles. The average Bonchev–Trinajstić information content (AvgIpc) is 2.44. The first-order valence-corrected chi connectivity index (χ1v) is 5.22. The lowest BCUT2D eigenvalue weighted by molar-refractivity contribution is 0.152. The Labute approximate surface area is 79.5 Å². The number of nitrogens with zero attached hydrogens (tertiary/aromatic N) is 1. The summed E-state index contributed by atoms with van der Waals surface area (Å²) in [4.78, 5) is 5.18. The number of oxime groups is 1. The van der Waals surface area contributed by atoms with Crippen LogP contribution in [-0.2, 0) is 4.84 Å². The minimum Gasteiger partial charge on any atom is -0.395 e. The van der Waals surface area contributed by atoms with Gasteiger partial charge in [-0.05, 0) is 25.3 Å². The highest BCUT2D eigenvalue weighted by Gasteiger charge is 2.33. The van der Waals surface area contributed by atoms with Gasteiger partial charge in [0, 0.05) is 5.92 Å². The zero-order valence-corrected chi connectivity index (χ0v) is 8.42. The Bertz CT molecular complexity index is 213. The largest absolute Gasteiger partial charge is 0.395 e. The minimum absolute atomic E-state index is 0.440. The van der Waals surface area contributed by atoms with E-state index in [0.29, 0.717) is 17.9 Å². The van der Waals surface area contributed by atoms with Crippen LogP contribution in [0.1, 0.15) is 26.7 Å². The molecule has 2 aliphatic heterocycles. The molecule has 3 heteroatoms. The Morgan fingerprint density at radius 2 is 2.38 bits per heavy atom. The second-order valence-corrected chi connectivity index (χ2v) is 4.33. The molecule has 2 aliphatic rings. The quantitative estimate of drug-likeness (QED) is 0.665. The molecule has 2 rings (SSSR count). The van der Waals surface area contributed by atoms with Gasteiger partial charge in [0.1, 0.15) is 6.61 Å². The highest BCUT2D eigenvalue weighted by molar-refractivity contribution is 5.92. The molecule has 3 nitrogen and oxygen atoms in total. The van der Waals surface area contributed by atoms with Crippen molar-refractivity contribution in [3.05, 3.63) is 0 Å². The fraction of sp³-hybridized carbons (Fsp3) is 0.900. The van der Waals surface area contributed by atoms with Gasteiger partial charge in [-0.15, -0.1) is 0 Å². The van der Waals surface area contributed by atoms with Crippen LogP contribution < -0.4 is 5.32 Å². The number of rotatable bonds is 1.